The van der Waals surface area contributed by atoms with Crippen LogP contribution in [0, 0.1) is 0 Å². The highest BCUT2D eigenvalue weighted by molar-refractivity contribution is 6.28. The van der Waals surface area contributed by atoms with Gasteiger partial charge in [0.1, 0.15) is 16.7 Å². The van der Waals surface area contributed by atoms with Crippen LogP contribution in [-0.4, -0.2) is 0 Å². The maximum atomic E-state index is 6.79. The second-order valence-electron chi connectivity index (χ2n) is 11.3. The van der Waals surface area contributed by atoms with Crippen LogP contribution in [0.3, 0.4) is 0 Å². The number of hydrogen-bond donors (Lipinski definition) is 0. The van der Waals surface area contributed by atoms with E-state index in [1.165, 1.54) is 5.56 Å². The van der Waals surface area contributed by atoms with E-state index in [-0.39, 0.29) is 0 Å². The molecule has 0 saturated heterocycles. The third kappa shape index (κ3) is 4.13. The van der Waals surface area contributed by atoms with Crippen molar-refractivity contribution in [2.24, 2.45) is 0 Å². The molecule has 2 aromatic heterocycles. The molecule has 45 heavy (non-hydrogen) atoms. The van der Waals surface area contributed by atoms with Crippen molar-refractivity contribution in [3.63, 3.8) is 0 Å². The fourth-order valence-corrected chi connectivity index (χ4v) is 6.63. The van der Waals surface area contributed by atoms with E-state index in [4.69, 9.17) is 8.83 Å². The molecule has 0 aliphatic heterocycles. The predicted molar refractivity (Wildman–Crippen MR) is 187 cm³/mol. The van der Waals surface area contributed by atoms with Gasteiger partial charge in [-0.1, -0.05) is 127 Å². The minimum atomic E-state index is 0.824. The summed E-state index contributed by atoms with van der Waals surface area (Å²) in [5, 5.41) is 4.29. The van der Waals surface area contributed by atoms with Crippen LogP contribution < -0.4 is 4.90 Å². The van der Waals surface area contributed by atoms with E-state index in [0.717, 1.165) is 77.6 Å². The lowest BCUT2D eigenvalue weighted by Crippen LogP contribution is -2.11. The first-order valence-electron chi connectivity index (χ1n) is 15.2. The molecule has 0 saturated carbocycles. The topological polar surface area (TPSA) is 29.5 Å². The van der Waals surface area contributed by atoms with Crippen LogP contribution in [0.1, 0.15) is 0 Å². The highest BCUT2D eigenvalue weighted by Gasteiger charge is 2.26. The van der Waals surface area contributed by atoms with Gasteiger partial charge in [-0.15, -0.1) is 0 Å². The van der Waals surface area contributed by atoms with Crippen LogP contribution in [0.5, 0.6) is 0 Å². The van der Waals surface area contributed by atoms with Crippen molar-refractivity contribution in [3.05, 3.63) is 164 Å². The highest BCUT2D eigenvalue weighted by atomic mass is 16.3. The second-order valence-corrected chi connectivity index (χ2v) is 11.3. The molecule has 0 N–H and O–H groups in total. The van der Waals surface area contributed by atoms with Crippen molar-refractivity contribution in [2.45, 2.75) is 0 Å². The van der Waals surface area contributed by atoms with Crippen LogP contribution in [-0.2, 0) is 0 Å². The standard InChI is InChI=1S/C42H27NO2/c1-3-13-28(14-4-1)29-23-25-31(26-24-29)43(35-20-10-7-17-32(35)30-15-5-2-6-16-30)36-27-39-40(33-18-8-11-21-37(33)44-39)41-34-19-9-12-22-38(34)45-42(36)41/h1-27H. The molecule has 0 unspecified atom stereocenters. The van der Waals surface area contributed by atoms with Gasteiger partial charge in [-0.3, -0.25) is 0 Å². The number of hydrogen-bond acceptors (Lipinski definition) is 3. The maximum absolute atomic E-state index is 6.79. The van der Waals surface area contributed by atoms with E-state index < -0.39 is 0 Å². The summed E-state index contributed by atoms with van der Waals surface area (Å²) in [5.74, 6) is 0. The van der Waals surface area contributed by atoms with E-state index in [2.05, 4.69) is 138 Å². The average Bonchev–Trinajstić information content (AvgIpc) is 3.68. The normalized spacial score (nSPS) is 11.6. The summed E-state index contributed by atoms with van der Waals surface area (Å²) in [6.07, 6.45) is 0. The van der Waals surface area contributed by atoms with Crippen LogP contribution >= 0.6 is 0 Å². The van der Waals surface area contributed by atoms with Crippen LogP contribution in [0.15, 0.2) is 173 Å². The molecule has 7 aromatic carbocycles. The number of nitrogens with zero attached hydrogens (tertiary/aromatic N) is 1. The van der Waals surface area contributed by atoms with Gasteiger partial charge in [0.25, 0.3) is 0 Å². The number of rotatable bonds is 5. The van der Waals surface area contributed by atoms with Crippen molar-refractivity contribution in [2.75, 3.05) is 4.90 Å². The zero-order valence-corrected chi connectivity index (χ0v) is 24.4. The Bertz CT molecular complexity index is 2470. The van der Waals surface area contributed by atoms with Crippen molar-refractivity contribution in [3.8, 4) is 22.3 Å². The Morgan fingerprint density at radius 1 is 0.378 bits per heavy atom. The first kappa shape index (κ1) is 25.4. The predicted octanol–water partition coefficient (Wildman–Crippen LogP) is 12.3. The van der Waals surface area contributed by atoms with Gasteiger partial charge in [-0.25, -0.2) is 0 Å². The molecule has 2 heterocycles. The number of para-hydroxylation sites is 3. The second kappa shape index (κ2) is 10.3. The number of benzene rings is 7. The minimum absolute atomic E-state index is 0.824. The molecule has 0 aliphatic rings. The monoisotopic (exact) mass is 577 g/mol. The first-order chi connectivity index (χ1) is 22.3. The molecule has 0 aliphatic carbocycles. The smallest absolute Gasteiger partial charge is 0.160 e. The van der Waals surface area contributed by atoms with E-state index >= 15 is 0 Å². The Labute approximate surface area is 260 Å². The third-order valence-corrected chi connectivity index (χ3v) is 8.67. The molecule has 0 atom stereocenters. The SMILES string of the molecule is c1ccc(-c2ccc(N(c3ccccc3-c3ccccc3)c3cc4oc5ccccc5c4c4c3oc3ccccc34)cc2)cc1. The van der Waals surface area contributed by atoms with Gasteiger partial charge >= 0.3 is 0 Å². The zero-order chi connectivity index (χ0) is 29.7. The summed E-state index contributed by atoms with van der Waals surface area (Å²) in [6, 6.07) is 57.1. The van der Waals surface area contributed by atoms with Crippen LogP contribution in [0.4, 0.5) is 17.1 Å². The van der Waals surface area contributed by atoms with E-state index in [1.807, 2.05) is 30.3 Å². The van der Waals surface area contributed by atoms with Crippen molar-refractivity contribution in [1.82, 2.24) is 0 Å². The maximum Gasteiger partial charge on any atom is 0.160 e. The molecule has 0 amide bonds. The number of anilines is 3. The summed E-state index contributed by atoms with van der Waals surface area (Å²) in [5.41, 5.74) is 11.0. The Balaban J connectivity index is 1.38. The van der Waals surface area contributed by atoms with Gasteiger partial charge in [0.15, 0.2) is 5.58 Å². The highest BCUT2D eigenvalue weighted by Crippen LogP contribution is 2.49. The lowest BCUT2D eigenvalue weighted by Gasteiger charge is -2.28. The van der Waals surface area contributed by atoms with Gasteiger partial charge in [-0.05, 0) is 47.0 Å². The van der Waals surface area contributed by atoms with Crippen molar-refractivity contribution >= 4 is 60.9 Å². The summed E-state index contributed by atoms with van der Waals surface area (Å²) in [7, 11) is 0. The van der Waals surface area contributed by atoms with Crippen LogP contribution in [0.2, 0.25) is 0 Å². The van der Waals surface area contributed by atoms with Gasteiger partial charge in [-0.2, -0.15) is 0 Å². The molecular formula is C42H27NO2. The fraction of sp³-hybridized carbons (Fsp3) is 0. The molecule has 0 radical (unpaired) electrons. The molecule has 0 fully saturated rings. The van der Waals surface area contributed by atoms with Gasteiger partial charge in [0, 0.05) is 38.9 Å². The van der Waals surface area contributed by atoms with E-state index in [0.29, 0.717) is 0 Å². The molecule has 9 aromatic rings. The fourth-order valence-electron chi connectivity index (χ4n) is 6.63. The summed E-state index contributed by atoms with van der Waals surface area (Å²) >= 11 is 0. The summed E-state index contributed by atoms with van der Waals surface area (Å²) < 4.78 is 13.4. The summed E-state index contributed by atoms with van der Waals surface area (Å²) in [6.45, 7) is 0. The Hall–Kier alpha value is -6.06. The lowest BCUT2D eigenvalue weighted by molar-refractivity contribution is 0.663. The zero-order valence-electron chi connectivity index (χ0n) is 24.4. The number of furan rings is 2. The Morgan fingerprint density at radius 2 is 0.933 bits per heavy atom. The molecule has 212 valence electrons. The van der Waals surface area contributed by atoms with Gasteiger partial charge in [0.05, 0.1) is 11.4 Å². The van der Waals surface area contributed by atoms with Crippen LogP contribution in [0.25, 0.3) is 66.1 Å². The van der Waals surface area contributed by atoms with Gasteiger partial charge < -0.3 is 13.7 Å². The van der Waals surface area contributed by atoms with E-state index in [1.54, 1.807) is 0 Å². The molecule has 9 rings (SSSR count). The molecule has 3 nitrogen and oxygen atoms in total. The van der Waals surface area contributed by atoms with E-state index in [9.17, 15) is 0 Å². The van der Waals surface area contributed by atoms with Crippen molar-refractivity contribution in [1.29, 1.82) is 0 Å². The Kier molecular flexibility index (Phi) is 5.82. The third-order valence-electron chi connectivity index (χ3n) is 8.67. The largest absolute Gasteiger partial charge is 0.456 e. The molecular weight excluding hydrogens is 550 g/mol. The number of fused-ring (bicyclic) bond motifs is 7. The van der Waals surface area contributed by atoms with Crippen molar-refractivity contribution < 1.29 is 8.83 Å². The lowest BCUT2D eigenvalue weighted by atomic mass is 9.99. The molecule has 0 bridgehead atoms. The minimum Gasteiger partial charge on any atom is -0.456 e. The molecule has 0 spiro atoms. The summed E-state index contributed by atoms with van der Waals surface area (Å²) in [4.78, 5) is 2.31. The first-order valence-corrected chi connectivity index (χ1v) is 15.2. The van der Waals surface area contributed by atoms with Gasteiger partial charge in [0.2, 0.25) is 0 Å². The quantitative estimate of drug-likeness (QED) is 0.204. The average molecular weight is 578 g/mol. The molecule has 3 heteroatoms. The Morgan fingerprint density at radius 3 is 1.67 bits per heavy atom.